The molecule has 12 nitrogen and oxygen atoms in total. The first-order chi connectivity index (χ1) is 11.6. The predicted molar refractivity (Wildman–Crippen MR) is 90.6 cm³/mol. The van der Waals surface area contributed by atoms with Crippen molar-refractivity contribution in [3.63, 3.8) is 0 Å². The molecule has 0 unspecified atom stereocenters. The second-order valence-electron chi connectivity index (χ2n) is 2.78. The lowest BCUT2D eigenvalue weighted by atomic mass is 10.2. The Kier molecular flexibility index (Phi) is 106. The zero-order valence-electron chi connectivity index (χ0n) is 12.7. The number of carbonyl (C=O) groups is 4. The van der Waals surface area contributed by atoms with Gasteiger partial charge in [0, 0.05) is 0 Å². The standard InChI is InChI=1S/C8H12N2O2.4CH2O2.H4Si/c11-7-9-5-3-1-2-4-6-10-8-12;4*2-1-3;/h1-6H2;4*1H,(H,2,3);1H4. The van der Waals surface area contributed by atoms with Gasteiger partial charge in [-0.25, -0.2) is 19.6 Å². The van der Waals surface area contributed by atoms with Gasteiger partial charge in [-0.1, -0.05) is 12.8 Å². The molecule has 0 aromatic heterocycles. The molecule has 0 radical (unpaired) electrons. The minimum atomic E-state index is -0.250. The van der Waals surface area contributed by atoms with E-state index >= 15 is 0 Å². The highest BCUT2D eigenvalue weighted by Gasteiger charge is 1.87. The molecule has 0 atom stereocenters. The quantitative estimate of drug-likeness (QED) is 0.132. The molecule has 0 fully saturated rings. The summed E-state index contributed by atoms with van der Waals surface area (Å²) in [4.78, 5) is 59.5. The number of aliphatic imine (C=N–C) groups is 2. The van der Waals surface area contributed by atoms with E-state index in [-0.39, 0.29) is 36.9 Å². The van der Waals surface area contributed by atoms with Crippen molar-refractivity contribution in [3.8, 4) is 0 Å². The maximum atomic E-state index is 9.63. The van der Waals surface area contributed by atoms with Crippen LogP contribution in [0.15, 0.2) is 9.98 Å². The van der Waals surface area contributed by atoms with Crippen LogP contribution in [0.3, 0.4) is 0 Å². The number of hydrogen-bond acceptors (Lipinski definition) is 8. The largest absolute Gasteiger partial charge is 0.483 e. The Morgan fingerprint density at radius 2 is 0.800 bits per heavy atom. The summed E-state index contributed by atoms with van der Waals surface area (Å²) in [7, 11) is 0. The lowest BCUT2D eigenvalue weighted by molar-refractivity contribution is -0.123. The topological polar surface area (TPSA) is 208 Å². The summed E-state index contributed by atoms with van der Waals surface area (Å²) < 4.78 is 0. The van der Waals surface area contributed by atoms with Gasteiger partial charge in [-0.15, -0.1) is 0 Å². The number of carbonyl (C=O) groups excluding carboxylic acids is 2. The zero-order valence-corrected chi connectivity index (χ0v) is 12.7. The molecule has 0 bridgehead atoms. The van der Waals surface area contributed by atoms with Crippen LogP contribution in [-0.2, 0) is 28.8 Å². The molecular formula is C12H24N2O10Si. The second kappa shape index (κ2) is 69.8. The van der Waals surface area contributed by atoms with Crippen LogP contribution in [0.4, 0.5) is 0 Å². The van der Waals surface area contributed by atoms with E-state index in [1.54, 1.807) is 0 Å². The highest BCUT2D eigenvalue weighted by Crippen LogP contribution is 1.99. The fourth-order valence-electron chi connectivity index (χ4n) is 0.827. The minimum Gasteiger partial charge on any atom is -0.483 e. The number of unbranched alkanes of at least 4 members (excludes halogenated alkanes) is 3. The molecule has 4 N–H and O–H groups in total. The summed E-state index contributed by atoms with van der Waals surface area (Å²) in [6, 6.07) is 0. The molecule has 0 aliphatic carbocycles. The van der Waals surface area contributed by atoms with Gasteiger partial charge in [0.1, 0.15) is 0 Å². The van der Waals surface area contributed by atoms with E-state index in [1.165, 1.54) is 12.2 Å². The lowest BCUT2D eigenvalue weighted by Crippen LogP contribution is -1.84. The summed E-state index contributed by atoms with van der Waals surface area (Å²) in [5, 5.41) is 27.6. The van der Waals surface area contributed by atoms with Gasteiger partial charge >= 0.3 is 0 Å². The number of nitrogens with zero attached hydrogens (tertiary/aromatic N) is 2. The van der Waals surface area contributed by atoms with Crippen LogP contribution in [0, 0.1) is 0 Å². The van der Waals surface area contributed by atoms with Crippen molar-refractivity contribution < 1.29 is 49.2 Å². The average molecular weight is 384 g/mol. The summed E-state index contributed by atoms with van der Waals surface area (Å²) in [6.07, 6.45) is 6.80. The van der Waals surface area contributed by atoms with Crippen molar-refractivity contribution in [3.05, 3.63) is 0 Å². The predicted octanol–water partition coefficient (Wildman–Crippen LogP) is -1.43. The van der Waals surface area contributed by atoms with Gasteiger partial charge in [-0.2, -0.15) is 0 Å². The number of hydrogen-bond donors (Lipinski definition) is 4. The highest BCUT2D eigenvalue weighted by atomic mass is 28.1. The Labute approximate surface area is 147 Å². The van der Waals surface area contributed by atoms with Crippen molar-refractivity contribution in [1.82, 2.24) is 0 Å². The van der Waals surface area contributed by atoms with Crippen LogP contribution in [0.25, 0.3) is 0 Å². The van der Waals surface area contributed by atoms with E-state index in [1.807, 2.05) is 0 Å². The Morgan fingerprint density at radius 1 is 0.600 bits per heavy atom. The molecule has 0 aliphatic rings. The number of carboxylic acid groups (broad SMARTS) is 4. The fourth-order valence-corrected chi connectivity index (χ4v) is 0.827. The Hall–Kier alpha value is -3.14. The van der Waals surface area contributed by atoms with Gasteiger partial charge in [-0.3, -0.25) is 19.2 Å². The molecule has 146 valence electrons. The fraction of sp³-hybridized carbons (Fsp3) is 0.500. The van der Waals surface area contributed by atoms with E-state index in [0.29, 0.717) is 13.1 Å². The summed E-state index contributed by atoms with van der Waals surface area (Å²) in [5.41, 5.74) is 0. The van der Waals surface area contributed by atoms with Gasteiger partial charge in [0.05, 0.1) is 13.1 Å². The van der Waals surface area contributed by atoms with Gasteiger partial charge in [-0.05, 0) is 23.8 Å². The highest BCUT2D eigenvalue weighted by molar-refractivity contribution is 5.75. The molecule has 0 saturated carbocycles. The smallest absolute Gasteiger partial charge is 0.290 e. The molecule has 0 heterocycles. The molecule has 0 amide bonds. The Morgan fingerprint density at radius 3 is 0.960 bits per heavy atom. The molecule has 0 spiro atoms. The summed E-state index contributed by atoms with van der Waals surface area (Å²) >= 11 is 0. The molecule has 0 aliphatic heterocycles. The first-order valence-electron chi connectivity index (χ1n) is 5.96. The van der Waals surface area contributed by atoms with E-state index in [4.69, 9.17) is 39.6 Å². The molecule has 25 heavy (non-hydrogen) atoms. The van der Waals surface area contributed by atoms with Crippen molar-refractivity contribution in [1.29, 1.82) is 0 Å². The molecule has 0 aromatic carbocycles. The normalized spacial score (nSPS) is 5.92. The minimum absolute atomic E-state index is 0. The maximum Gasteiger partial charge on any atom is 0.290 e. The van der Waals surface area contributed by atoms with E-state index in [0.717, 1.165) is 25.7 Å². The summed E-state index contributed by atoms with van der Waals surface area (Å²) in [6.45, 7) is 0.112. The van der Waals surface area contributed by atoms with Crippen LogP contribution in [-0.4, -0.2) is 82.5 Å². The maximum absolute atomic E-state index is 9.63. The van der Waals surface area contributed by atoms with Crippen molar-refractivity contribution in [2.75, 3.05) is 13.1 Å². The number of isocyanates is 2. The average Bonchev–Trinajstić information content (AvgIpc) is 2.53. The lowest BCUT2D eigenvalue weighted by Gasteiger charge is -1.93. The van der Waals surface area contributed by atoms with Gasteiger partial charge in [0.15, 0.2) is 0 Å². The van der Waals surface area contributed by atoms with E-state index in [9.17, 15) is 9.59 Å². The Balaban J connectivity index is -0.0000000575. The monoisotopic (exact) mass is 384 g/mol. The van der Waals surface area contributed by atoms with Gasteiger partial charge in [0.2, 0.25) is 12.2 Å². The number of rotatable bonds is 7. The molecule has 0 aromatic rings. The van der Waals surface area contributed by atoms with Crippen LogP contribution in [0.2, 0.25) is 0 Å². The third-order valence-corrected chi connectivity index (χ3v) is 1.42. The molecule has 0 saturated heterocycles. The van der Waals surface area contributed by atoms with Crippen molar-refractivity contribution in [2.45, 2.75) is 25.7 Å². The third kappa shape index (κ3) is 216. The van der Waals surface area contributed by atoms with E-state index in [2.05, 4.69) is 9.98 Å². The Bertz CT molecular complexity index is 310. The first kappa shape index (κ1) is 37.8. The van der Waals surface area contributed by atoms with Crippen LogP contribution in [0.5, 0.6) is 0 Å². The molecular weight excluding hydrogens is 360 g/mol. The van der Waals surface area contributed by atoms with Crippen LogP contribution >= 0.6 is 0 Å². The van der Waals surface area contributed by atoms with Crippen LogP contribution < -0.4 is 0 Å². The van der Waals surface area contributed by atoms with E-state index < -0.39 is 0 Å². The van der Waals surface area contributed by atoms with Crippen molar-refractivity contribution >= 4 is 49.0 Å². The van der Waals surface area contributed by atoms with Gasteiger partial charge < -0.3 is 20.4 Å². The van der Waals surface area contributed by atoms with Crippen LogP contribution in [0.1, 0.15) is 25.7 Å². The molecule has 13 heteroatoms. The third-order valence-electron chi connectivity index (χ3n) is 1.42. The SMILES string of the molecule is O=C=NCCCCCCN=C=O.O=CO.O=CO.O=CO.O=CO.[SiH4]. The second-order valence-corrected chi connectivity index (χ2v) is 2.78. The summed E-state index contributed by atoms with van der Waals surface area (Å²) in [5.74, 6) is 0. The van der Waals surface area contributed by atoms with Gasteiger partial charge in [0.25, 0.3) is 25.9 Å². The zero-order chi connectivity index (χ0) is 19.9. The van der Waals surface area contributed by atoms with Crippen molar-refractivity contribution in [2.24, 2.45) is 9.98 Å². The first-order valence-corrected chi connectivity index (χ1v) is 5.96. The molecule has 0 rings (SSSR count).